The number of unbranched alkanes of at least 4 members (excludes halogenated alkanes) is 3. The van der Waals surface area contributed by atoms with Crippen molar-refractivity contribution in [1.29, 1.82) is 0 Å². The molecule has 0 amide bonds. The van der Waals surface area contributed by atoms with Crippen molar-refractivity contribution in [3.05, 3.63) is 12.3 Å². The Morgan fingerprint density at radius 1 is 1.00 bits per heavy atom. The Balaban J connectivity index is 1.38. The van der Waals surface area contributed by atoms with Gasteiger partial charge in [-0.1, -0.05) is 57.4 Å². The van der Waals surface area contributed by atoms with Crippen LogP contribution >= 0.6 is 0 Å². The first-order valence-corrected chi connectivity index (χ1v) is 7.36. The van der Waals surface area contributed by atoms with E-state index in [0.29, 0.717) is 0 Å². The molecule has 1 fully saturated rings. The highest BCUT2D eigenvalue weighted by molar-refractivity contribution is 4.90. The second-order valence-electron chi connectivity index (χ2n) is 5.56. The molecule has 16 heavy (non-hydrogen) atoms. The molecule has 0 radical (unpaired) electrons. The molecule has 0 atom stereocenters. The van der Waals surface area contributed by atoms with E-state index in [2.05, 4.69) is 17.2 Å². The fraction of sp³-hybridized carbons (Fsp3) is 0.867. The molecule has 2 rings (SSSR count). The van der Waals surface area contributed by atoms with Crippen LogP contribution in [0, 0.1) is 5.92 Å². The standard InChI is InChI=1S/C15H27N/c1(3-9-15-10-4-5-11-15)2-6-12-16-13-7-8-14-16/h7,13,15H,1-6,8-12,14H2. The van der Waals surface area contributed by atoms with Crippen molar-refractivity contribution in [3.8, 4) is 0 Å². The smallest absolute Gasteiger partial charge is 0.0207 e. The highest BCUT2D eigenvalue weighted by Gasteiger charge is 2.13. The zero-order valence-electron chi connectivity index (χ0n) is 10.7. The van der Waals surface area contributed by atoms with Crippen molar-refractivity contribution in [2.75, 3.05) is 13.1 Å². The first-order chi connectivity index (χ1) is 7.95. The van der Waals surface area contributed by atoms with Gasteiger partial charge in [-0.3, -0.25) is 0 Å². The Kier molecular flexibility index (Phi) is 5.24. The minimum absolute atomic E-state index is 1.10. The Morgan fingerprint density at radius 2 is 1.81 bits per heavy atom. The molecule has 0 unspecified atom stereocenters. The molecule has 92 valence electrons. The molecule has 1 aliphatic carbocycles. The van der Waals surface area contributed by atoms with Crippen molar-refractivity contribution in [1.82, 2.24) is 4.90 Å². The van der Waals surface area contributed by atoms with Gasteiger partial charge in [0.2, 0.25) is 0 Å². The van der Waals surface area contributed by atoms with E-state index in [1.54, 1.807) is 0 Å². The van der Waals surface area contributed by atoms with E-state index >= 15 is 0 Å². The molecular formula is C15H27N. The summed E-state index contributed by atoms with van der Waals surface area (Å²) in [5.74, 6) is 1.10. The van der Waals surface area contributed by atoms with Crippen molar-refractivity contribution in [3.63, 3.8) is 0 Å². The van der Waals surface area contributed by atoms with Gasteiger partial charge >= 0.3 is 0 Å². The fourth-order valence-corrected chi connectivity index (χ4v) is 3.13. The van der Waals surface area contributed by atoms with Gasteiger partial charge in [0.1, 0.15) is 0 Å². The molecule has 1 aliphatic heterocycles. The first-order valence-electron chi connectivity index (χ1n) is 7.36. The lowest BCUT2D eigenvalue weighted by Gasteiger charge is -2.14. The Bertz CT molecular complexity index is 203. The van der Waals surface area contributed by atoms with Crippen LogP contribution in [-0.4, -0.2) is 18.0 Å². The van der Waals surface area contributed by atoms with E-state index in [1.165, 1.54) is 77.3 Å². The van der Waals surface area contributed by atoms with E-state index < -0.39 is 0 Å². The summed E-state index contributed by atoms with van der Waals surface area (Å²) in [6, 6.07) is 0. The van der Waals surface area contributed by atoms with Crippen LogP contribution in [0.25, 0.3) is 0 Å². The van der Waals surface area contributed by atoms with Crippen LogP contribution in [0.5, 0.6) is 0 Å². The summed E-state index contributed by atoms with van der Waals surface area (Å²) >= 11 is 0. The lowest BCUT2D eigenvalue weighted by atomic mass is 9.99. The monoisotopic (exact) mass is 221 g/mol. The van der Waals surface area contributed by atoms with Crippen LogP contribution in [0.15, 0.2) is 12.3 Å². The lowest BCUT2D eigenvalue weighted by Crippen LogP contribution is -2.15. The summed E-state index contributed by atoms with van der Waals surface area (Å²) in [6.07, 6.45) is 19.2. The average Bonchev–Trinajstić information content (AvgIpc) is 2.96. The molecule has 2 aliphatic rings. The van der Waals surface area contributed by atoms with Crippen LogP contribution in [0.2, 0.25) is 0 Å². The van der Waals surface area contributed by atoms with E-state index in [9.17, 15) is 0 Å². The summed E-state index contributed by atoms with van der Waals surface area (Å²) in [4.78, 5) is 2.47. The third-order valence-electron chi connectivity index (χ3n) is 4.18. The van der Waals surface area contributed by atoms with Crippen LogP contribution < -0.4 is 0 Å². The molecule has 1 saturated carbocycles. The van der Waals surface area contributed by atoms with Gasteiger partial charge in [0.05, 0.1) is 0 Å². The van der Waals surface area contributed by atoms with Gasteiger partial charge in [-0.05, 0) is 25.0 Å². The predicted octanol–water partition coefficient (Wildman–Crippen LogP) is 4.35. The maximum absolute atomic E-state index is 2.47. The minimum atomic E-state index is 1.10. The Morgan fingerprint density at radius 3 is 2.56 bits per heavy atom. The zero-order valence-corrected chi connectivity index (χ0v) is 10.7. The second kappa shape index (κ2) is 6.98. The normalized spacial score (nSPS) is 21.1. The topological polar surface area (TPSA) is 3.24 Å². The minimum Gasteiger partial charge on any atom is -0.377 e. The first kappa shape index (κ1) is 12.0. The van der Waals surface area contributed by atoms with Gasteiger partial charge in [-0.25, -0.2) is 0 Å². The van der Waals surface area contributed by atoms with Gasteiger partial charge in [-0.2, -0.15) is 0 Å². The van der Waals surface area contributed by atoms with Gasteiger partial charge < -0.3 is 4.90 Å². The van der Waals surface area contributed by atoms with Gasteiger partial charge in [0, 0.05) is 13.1 Å². The van der Waals surface area contributed by atoms with Gasteiger partial charge in [0.25, 0.3) is 0 Å². The van der Waals surface area contributed by atoms with Gasteiger partial charge in [-0.15, -0.1) is 0 Å². The molecule has 1 heteroatoms. The SMILES string of the molecule is C1=CN(CCCCCCC2CCCC2)CC1. The molecule has 0 aromatic carbocycles. The molecule has 0 aromatic heterocycles. The van der Waals surface area contributed by atoms with Crippen molar-refractivity contribution < 1.29 is 0 Å². The number of hydrogen-bond donors (Lipinski definition) is 0. The van der Waals surface area contributed by atoms with Crippen LogP contribution in [0.4, 0.5) is 0 Å². The van der Waals surface area contributed by atoms with Crippen LogP contribution in [0.1, 0.15) is 64.2 Å². The molecule has 0 aromatic rings. The summed E-state index contributed by atoms with van der Waals surface area (Å²) in [5, 5.41) is 0. The largest absolute Gasteiger partial charge is 0.377 e. The molecule has 0 spiro atoms. The van der Waals surface area contributed by atoms with E-state index in [-0.39, 0.29) is 0 Å². The van der Waals surface area contributed by atoms with Gasteiger partial charge in [0.15, 0.2) is 0 Å². The number of rotatable bonds is 7. The molecule has 0 N–H and O–H groups in total. The van der Waals surface area contributed by atoms with Crippen molar-refractivity contribution in [2.45, 2.75) is 64.2 Å². The number of nitrogens with zero attached hydrogens (tertiary/aromatic N) is 1. The van der Waals surface area contributed by atoms with Crippen LogP contribution in [0.3, 0.4) is 0 Å². The van der Waals surface area contributed by atoms with E-state index in [1.807, 2.05) is 0 Å². The fourth-order valence-electron chi connectivity index (χ4n) is 3.13. The molecule has 1 nitrogen and oxygen atoms in total. The van der Waals surface area contributed by atoms with Crippen molar-refractivity contribution in [2.24, 2.45) is 5.92 Å². The highest BCUT2D eigenvalue weighted by Crippen LogP contribution is 2.29. The Labute approximate surface area is 101 Å². The van der Waals surface area contributed by atoms with Crippen molar-refractivity contribution >= 4 is 0 Å². The Hall–Kier alpha value is -0.460. The molecule has 1 heterocycles. The zero-order chi connectivity index (χ0) is 11.1. The van der Waals surface area contributed by atoms with E-state index in [4.69, 9.17) is 0 Å². The quantitative estimate of drug-likeness (QED) is 0.578. The maximum Gasteiger partial charge on any atom is 0.0207 e. The third-order valence-corrected chi connectivity index (χ3v) is 4.18. The molecular weight excluding hydrogens is 194 g/mol. The summed E-state index contributed by atoms with van der Waals surface area (Å²) < 4.78 is 0. The highest BCUT2D eigenvalue weighted by atomic mass is 15.1. The summed E-state index contributed by atoms with van der Waals surface area (Å²) in [7, 11) is 0. The van der Waals surface area contributed by atoms with Crippen LogP contribution in [-0.2, 0) is 0 Å². The van der Waals surface area contributed by atoms with E-state index in [0.717, 1.165) is 5.92 Å². The molecule has 0 saturated heterocycles. The summed E-state index contributed by atoms with van der Waals surface area (Å²) in [6.45, 7) is 2.56. The second-order valence-corrected chi connectivity index (χ2v) is 5.56. The molecule has 0 bridgehead atoms. The predicted molar refractivity (Wildman–Crippen MR) is 70.4 cm³/mol. The maximum atomic E-state index is 2.47. The lowest BCUT2D eigenvalue weighted by molar-refractivity contribution is 0.384. The number of hydrogen-bond acceptors (Lipinski definition) is 1. The summed E-state index contributed by atoms with van der Waals surface area (Å²) in [5.41, 5.74) is 0. The average molecular weight is 221 g/mol. The third kappa shape index (κ3) is 4.19.